The van der Waals surface area contributed by atoms with Crippen LogP contribution in [0.4, 0.5) is 10.5 Å². The van der Waals surface area contributed by atoms with E-state index in [4.69, 9.17) is 4.74 Å². The molecule has 26 heavy (non-hydrogen) atoms. The van der Waals surface area contributed by atoms with E-state index < -0.39 is 23.9 Å². The number of para-hydroxylation sites is 1. The van der Waals surface area contributed by atoms with Gasteiger partial charge in [-0.15, -0.1) is 0 Å². The van der Waals surface area contributed by atoms with E-state index in [1.54, 1.807) is 16.7 Å². The van der Waals surface area contributed by atoms with Gasteiger partial charge in [-0.2, -0.15) is 0 Å². The molecule has 2 aliphatic heterocycles. The Balaban J connectivity index is 1.89. The van der Waals surface area contributed by atoms with Gasteiger partial charge in [0.05, 0.1) is 5.69 Å². The molecule has 0 aromatic heterocycles. The summed E-state index contributed by atoms with van der Waals surface area (Å²) in [7, 11) is 0. The van der Waals surface area contributed by atoms with Gasteiger partial charge in [0.2, 0.25) is 0 Å². The fraction of sp³-hybridized carbons (Fsp3) is 0.333. The average molecular weight is 350 g/mol. The van der Waals surface area contributed by atoms with Crippen molar-refractivity contribution in [2.45, 2.75) is 45.5 Å². The lowest BCUT2D eigenvalue weighted by Crippen LogP contribution is -2.42. The summed E-state index contributed by atoms with van der Waals surface area (Å²) in [5, 5.41) is 0. The lowest BCUT2D eigenvalue weighted by molar-refractivity contribution is -0.119. The van der Waals surface area contributed by atoms with Crippen LogP contribution in [0.1, 0.15) is 39.4 Å². The molecule has 2 amide bonds. The highest BCUT2D eigenvalue weighted by atomic mass is 16.6. The van der Waals surface area contributed by atoms with Crippen LogP contribution < -0.4 is 4.90 Å². The molecule has 0 unspecified atom stereocenters. The van der Waals surface area contributed by atoms with Gasteiger partial charge >= 0.3 is 6.09 Å². The standard InChI is InChI=1S/C21H22N2O3/c1-13-19(24)23-17-12-8-7-10-15(17)14-9-5-6-11-16(14)18(23)22(13)20(25)26-21(2,3)4/h5-13,18H,1-4H3/t13-,18+/m0/s1. The summed E-state index contributed by atoms with van der Waals surface area (Å²) in [4.78, 5) is 29.3. The molecule has 134 valence electrons. The van der Waals surface area contributed by atoms with Crippen LogP contribution in [0, 0.1) is 0 Å². The first-order chi connectivity index (χ1) is 12.3. The maximum atomic E-state index is 13.1. The van der Waals surface area contributed by atoms with Gasteiger partial charge in [-0.05, 0) is 39.3 Å². The Hall–Kier alpha value is -2.82. The molecule has 0 aliphatic carbocycles. The van der Waals surface area contributed by atoms with E-state index in [2.05, 4.69) is 0 Å². The molecule has 2 aliphatic rings. The zero-order valence-corrected chi connectivity index (χ0v) is 15.4. The van der Waals surface area contributed by atoms with Crippen LogP contribution >= 0.6 is 0 Å². The number of benzene rings is 2. The SMILES string of the molecule is C[C@H]1C(=O)N2c3ccccc3-c3ccccc3[C@@H]2N1C(=O)OC(C)(C)C. The Labute approximate surface area is 153 Å². The predicted octanol–water partition coefficient (Wildman–Crippen LogP) is 4.34. The van der Waals surface area contributed by atoms with Crippen molar-refractivity contribution in [3.63, 3.8) is 0 Å². The molecule has 2 atom stereocenters. The second-order valence-corrected chi connectivity index (χ2v) is 7.75. The van der Waals surface area contributed by atoms with Gasteiger partial charge < -0.3 is 4.74 Å². The molecule has 2 heterocycles. The minimum absolute atomic E-state index is 0.0946. The van der Waals surface area contributed by atoms with Crippen molar-refractivity contribution >= 4 is 17.7 Å². The second kappa shape index (κ2) is 5.59. The van der Waals surface area contributed by atoms with Crippen molar-refractivity contribution in [2.24, 2.45) is 0 Å². The lowest BCUT2D eigenvalue weighted by Gasteiger charge is -2.37. The molecule has 4 rings (SSSR count). The fourth-order valence-corrected chi connectivity index (χ4v) is 3.77. The monoisotopic (exact) mass is 350 g/mol. The molecule has 0 spiro atoms. The van der Waals surface area contributed by atoms with E-state index in [1.165, 1.54) is 0 Å². The Morgan fingerprint density at radius 3 is 2.31 bits per heavy atom. The Morgan fingerprint density at radius 2 is 1.62 bits per heavy atom. The molecule has 2 aromatic rings. The van der Waals surface area contributed by atoms with Gasteiger partial charge in [-0.25, -0.2) is 4.79 Å². The third kappa shape index (κ3) is 2.38. The number of amides is 2. The number of carbonyl (C=O) groups excluding carboxylic acids is 2. The topological polar surface area (TPSA) is 49.9 Å². The van der Waals surface area contributed by atoms with Crippen LogP contribution in [-0.4, -0.2) is 28.5 Å². The summed E-state index contributed by atoms with van der Waals surface area (Å²) >= 11 is 0. The lowest BCUT2D eigenvalue weighted by atomic mass is 9.91. The summed E-state index contributed by atoms with van der Waals surface area (Å²) in [6.07, 6.45) is -0.960. The van der Waals surface area contributed by atoms with Crippen molar-refractivity contribution in [2.75, 3.05) is 4.90 Å². The second-order valence-electron chi connectivity index (χ2n) is 7.75. The van der Waals surface area contributed by atoms with Crippen molar-refractivity contribution < 1.29 is 14.3 Å². The van der Waals surface area contributed by atoms with Crippen LogP contribution in [0.15, 0.2) is 48.5 Å². The molecule has 5 nitrogen and oxygen atoms in total. The number of hydrogen-bond donors (Lipinski definition) is 0. The fourth-order valence-electron chi connectivity index (χ4n) is 3.77. The van der Waals surface area contributed by atoms with E-state index in [1.807, 2.05) is 69.3 Å². The molecule has 1 saturated heterocycles. The molecule has 0 N–H and O–H groups in total. The Bertz CT molecular complexity index is 900. The highest BCUT2D eigenvalue weighted by Crippen LogP contribution is 2.49. The summed E-state index contributed by atoms with van der Waals surface area (Å²) in [6.45, 7) is 7.25. The van der Waals surface area contributed by atoms with E-state index in [0.29, 0.717) is 0 Å². The van der Waals surface area contributed by atoms with Crippen LogP contribution in [0.2, 0.25) is 0 Å². The maximum Gasteiger partial charge on any atom is 0.412 e. The molecule has 0 radical (unpaired) electrons. The summed E-state index contributed by atoms with van der Waals surface area (Å²) in [5.74, 6) is -0.0946. The first-order valence-electron chi connectivity index (χ1n) is 8.82. The minimum Gasteiger partial charge on any atom is -0.444 e. The average Bonchev–Trinajstić information content (AvgIpc) is 2.86. The molecular formula is C21H22N2O3. The number of ether oxygens (including phenoxy) is 1. The van der Waals surface area contributed by atoms with Crippen LogP contribution in [0.5, 0.6) is 0 Å². The molecule has 0 saturated carbocycles. The van der Waals surface area contributed by atoms with Crippen molar-refractivity contribution in [1.29, 1.82) is 0 Å². The van der Waals surface area contributed by atoms with Crippen LogP contribution in [-0.2, 0) is 9.53 Å². The normalized spacial score (nSPS) is 21.2. The highest BCUT2D eigenvalue weighted by Gasteiger charge is 2.51. The van der Waals surface area contributed by atoms with Gasteiger partial charge in [0, 0.05) is 11.1 Å². The Morgan fingerprint density at radius 1 is 1.00 bits per heavy atom. The minimum atomic E-state index is -0.626. The van der Waals surface area contributed by atoms with Gasteiger partial charge in [0.1, 0.15) is 17.8 Å². The molecule has 5 heteroatoms. The van der Waals surface area contributed by atoms with E-state index in [9.17, 15) is 9.59 Å². The summed E-state index contributed by atoms with van der Waals surface area (Å²) in [5.41, 5.74) is 3.19. The molecule has 1 fully saturated rings. The molecule has 2 aromatic carbocycles. The highest BCUT2D eigenvalue weighted by molar-refractivity contribution is 6.07. The number of rotatable bonds is 0. The third-order valence-corrected chi connectivity index (χ3v) is 4.82. The quantitative estimate of drug-likeness (QED) is 0.710. The largest absolute Gasteiger partial charge is 0.444 e. The van der Waals surface area contributed by atoms with E-state index in [-0.39, 0.29) is 5.91 Å². The van der Waals surface area contributed by atoms with Crippen LogP contribution in [0.25, 0.3) is 11.1 Å². The zero-order valence-electron chi connectivity index (χ0n) is 15.4. The zero-order chi connectivity index (χ0) is 18.6. The third-order valence-electron chi connectivity index (χ3n) is 4.82. The predicted molar refractivity (Wildman–Crippen MR) is 99.6 cm³/mol. The Kier molecular flexibility index (Phi) is 3.58. The molecule has 0 bridgehead atoms. The smallest absolute Gasteiger partial charge is 0.412 e. The van der Waals surface area contributed by atoms with Gasteiger partial charge in [0.25, 0.3) is 5.91 Å². The molecular weight excluding hydrogens is 328 g/mol. The van der Waals surface area contributed by atoms with Crippen molar-refractivity contribution in [1.82, 2.24) is 4.90 Å². The summed E-state index contributed by atoms with van der Waals surface area (Å²) < 4.78 is 5.60. The number of anilines is 1. The van der Waals surface area contributed by atoms with Gasteiger partial charge in [-0.3, -0.25) is 14.6 Å². The maximum absolute atomic E-state index is 13.1. The van der Waals surface area contributed by atoms with Gasteiger partial charge in [-0.1, -0.05) is 42.5 Å². The van der Waals surface area contributed by atoms with Crippen LogP contribution in [0.3, 0.4) is 0 Å². The van der Waals surface area contributed by atoms with E-state index >= 15 is 0 Å². The summed E-state index contributed by atoms with van der Waals surface area (Å²) in [6, 6.07) is 15.2. The van der Waals surface area contributed by atoms with Crippen molar-refractivity contribution in [3.05, 3.63) is 54.1 Å². The number of hydrogen-bond acceptors (Lipinski definition) is 3. The van der Waals surface area contributed by atoms with Crippen molar-refractivity contribution in [3.8, 4) is 11.1 Å². The first kappa shape index (κ1) is 16.6. The number of fused-ring (bicyclic) bond motifs is 6. The van der Waals surface area contributed by atoms with E-state index in [0.717, 1.165) is 22.4 Å². The number of nitrogens with zero attached hydrogens (tertiary/aromatic N) is 2. The van der Waals surface area contributed by atoms with Gasteiger partial charge in [0.15, 0.2) is 0 Å². The first-order valence-corrected chi connectivity index (χ1v) is 8.82. The number of carbonyl (C=O) groups is 2.